The van der Waals surface area contributed by atoms with E-state index < -0.39 is 33.0 Å². The molecule has 3 aromatic rings. The number of nitro benzene ring substituents is 2. The first-order chi connectivity index (χ1) is 18.7. The summed E-state index contributed by atoms with van der Waals surface area (Å²) < 4.78 is 0. The average molecular weight is 565 g/mol. The molecule has 0 spiro atoms. The number of carbonyl (C=O) groups excluding carboxylic acids is 3. The number of nitrogens with one attached hydrogen (secondary N) is 4. The summed E-state index contributed by atoms with van der Waals surface area (Å²) in [6.45, 7) is 6.24. The molecule has 0 radical (unpaired) electrons. The molecular formula is C26H24N6O7S. The van der Waals surface area contributed by atoms with Gasteiger partial charge >= 0.3 is 0 Å². The standard InChI is InChI=1S/C26H24N6O7S/c1-26(2,3)18-8-4-15(5-9-18)22(33)27-19-10-6-16(7-11-19)24(35)29-30-25(40)28-23(34)17-12-20(31(36)37)14-21(13-17)32(38)39/h4-14H,1-3H3,(H,27,33)(H,29,35)(H2,28,30,34,40). The summed E-state index contributed by atoms with van der Waals surface area (Å²) in [6, 6.07) is 15.7. The van der Waals surface area contributed by atoms with E-state index in [0.717, 1.165) is 17.7 Å². The van der Waals surface area contributed by atoms with Crippen molar-refractivity contribution in [3.05, 3.63) is 109 Å². The first kappa shape index (κ1) is 29.3. The third-order valence-corrected chi connectivity index (χ3v) is 5.73. The van der Waals surface area contributed by atoms with Gasteiger partial charge < -0.3 is 5.32 Å². The molecule has 3 amide bonds. The van der Waals surface area contributed by atoms with Crippen molar-refractivity contribution in [3.8, 4) is 0 Å². The fraction of sp³-hybridized carbons (Fsp3) is 0.154. The van der Waals surface area contributed by atoms with Crippen molar-refractivity contribution in [1.29, 1.82) is 0 Å². The van der Waals surface area contributed by atoms with Crippen LogP contribution in [-0.2, 0) is 5.41 Å². The predicted octanol–water partition coefficient (Wildman–Crippen LogP) is 4.00. The molecule has 3 aromatic carbocycles. The summed E-state index contributed by atoms with van der Waals surface area (Å²) in [6.07, 6.45) is 0. The molecule has 0 aromatic heterocycles. The number of hydrogen-bond acceptors (Lipinski definition) is 8. The summed E-state index contributed by atoms with van der Waals surface area (Å²) >= 11 is 4.94. The number of thiocarbonyl (C=S) groups is 1. The molecule has 0 aliphatic heterocycles. The van der Waals surface area contributed by atoms with Crippen LogP contribution in [-0.4, -0.2) is 32.7 Å². The lowest BCUT2D eigenvalue weighted by atomic mass is 9.87. The van der Waals surface area contributed by atoms with Gasteiger partial charge in [-0.3, -0.25) is 50.8 Å². The SMILES string of the molecule is CC(C)(C)c1ccc(C(=O)Nc2ccc(C(=O)NNC(=S)NC(=O)c3cc([N+](=O)[O-])cc([N+](=O)[O-])c3)cc2)cc1. The summed E-state index contributed by atoms with van der Waals surface area (Å²) in [5, 5.41) is 26.6. The van der Waals surface area contributed by atoms with Crippen LogP contribution in [0.5, 0.6) is 0 Å². The number of anilines is 1. The van der Waals surface area contributed by atoms with Crippen LogP contribution >= 0.6 is 12.2 Å². The average Bonchev–Trinajstić information content (AvgIpc) is 2.91. The Bertz CT molecular complexity index is 1470. The zero-order valence-electron chi connectivity index (χ0n) is 21.5. The maximum absolute atomic E-state index is 12.5. The molecule has 0 saturated heterocycles. The van der Waals surface area contributed by atoms with Crippen molar-refractivity contribution in [1.82, 2.24) is 16.2 Å². The topological polar surface area (TPSA) is 186 Å². The van der Waals surface area contributed by atoms with Gasteiger partial charge in [-0.1, -0.05) is 32.9 Å². The molecule has 40 heavy (non-hydrogen) atoms. The van der Waals surface area contributed by atoms with E-state index in [9.17, 15) is 34.6 Å². The number of amides is 3. The highest BCUT2D eigenvalue weighted by atomic mass is 32.1. The number of hydrogen-bond donors (Lipinski definition) is 4. The van der Waals surface area contributed by atoms with E-state index in [4.69, 9.17) is 12.2 Å². The van der Waals surface area contributed by atoms with Gasteiger partial charge in [-0.15, -0.1) is 0 Å². The molecule has 0 saturated carbocycles. The lowest BCUT2D eigenvalue weighted by Gasteiger charge is -2.19. The zero-order valence-corrected chi connectivity index (χ0v) is 22.3. The molecule has 0 heterocycles. The van der Waals surface area contributed by atoms with E-state index in [-0.39, 0.29) is 27.6 Å². The summed E-state index contributed by atoms with van der Waals surface area (Å²) in [7, 11) is 0. The Kier molecular flexibility index (Phi) is 8.86. The van der Waals surface area contributed by atoms with Gasteiger partial charge in [0.15, 0.2) is 5.11 Å². The van der Waals surface area contributed by atoms with Crippen LogP contribution in [0.2, 0.25) is 0 Å². The number of nitrogens with zero attached hydrogens (tertiary/aromatic N) is 2. The molecule has 0 aliphatic rings. The molecule has 13 nitrogen and oxygen atoms in total. The quantitative estimate of drug-likeness (QED) is 0.195. The summed E-state index contributed by atoms with van der Waals surface area (Å²) in [5.74, 6) is -1.90. The van der Waals surface area contributed by atoms with E-state index in [2.05, 4.69) is 42.3 Å². The molecule has 0 atom stereocenters. The first-order valence-electron chi connectivity index (χ1n) is 11.6. The van der Waals surface area contributed by atoms with Crippen LogP contribution in [0.1, 0.15) is 57.4 Å². The van der Waals surface area contributed by atoms with E-state index in [0.29, 0.717) is 17.3 Å². The van der Waals surface area contributed by atoms with Gasteiger partial charge in [0, 0.05) is 28.9 Å². The first-order valence-corrected chi connectivity index (χ1v) is 12.0. The third-order valence-electron chi connectivity index (χ3n) is 5.52. The highest BCUT2D eigenvalue weighted by Gasteiger charge is 2.21. The minimum Gasteiger partial charge on any atom is -0.322 e. The van der Waals surface area contributed by atoms with E-state index in [1.54, 1.807) is 12.1 Å². The largest absolute Gasteiger partial charge is 0.322 e. The van der Waals surface area contributed by atoms with Gasteiger partial charge in [-0.2, -0.15) is 0 Å². The second-order valence-electron chi connectivity index (χ2n) is 9.47. The van der Waals surface area contributed by atoms with Crippen molar-refractivity contribution >= 4 is 52.1 Å². The monoisotopic (exact) mass is 564 g/mol. The number of hydrazine groups is 1. The van der Waals surface area contributed by atoms with Crippen LogP contribution in [0.3, 0.4) is 0 Å². The zero-order chi connectivity index (χ0) is 29.6. The molecule has 0 bridgehead atoms. The van der Waals surface area contributed by atoms with Crippen LogP contribution in [0.25, 0.3) is 0 Å². The van der Waals surface area contributed by atoms with Gasteiger partial charge in [-0.05, 0) is 59.6 Å². The Labute approximate surface area is 233 Å². The highest BCUT2D eigenvalue weighted by Crippen LogP contribution is 2.23. The van der Waals surface area contributed by atoms with Crippen LogP contribution in [0.15, 0.2) is 66.7 Å². The van der Waals surface area contributed by atoms with Crippen molar-refractivity contribution < 1.29 is 24.2 Å². The van der Waals surface area contributed by atoms with Crippen LogP contribution in [0, 0.1) is 20.2 Å². The minimum atomic E-state index is -0.966. The Morgan fingerprint density at radius 1 is 0.700 bits per heavy atom. The minimum absolute atomic E-state index is 0.0379. The molecular weight excluding hydrogens is 540 g/mol. The van der Waals surface area contributed by atoms with Crippen LogP contribution < -0.4 is 21.5 Å². The number of rotatable bonds is 6. The van der Waals surface area contributed by atoms with E-state index in [1.807, 2.05) is 12.1 Å². The van der Waals surface area contributed by atoms with E-state index >= 15 is 0 Å². The summed E-state index contributed by atoms with van der Waals surface area (Å²) in [4.78, 5) is 57.6. The van der Waals surface area contributed by atoms with Gasteiger partial charge in [-0.25, -0.2) is 0 Å². The van der Waals surface area contributed by atoms with Crippen molar-refractivity contribution in [2.75, 3.05) is 5.32 Å². The second kappa shape index (κ2) is 12.1. The van der Waals surface area contributed by atoms with Crippen molar-refractivity contribution in [2.45, 2.75) is 26.2 Å². The smallest absolute Gasteiger partial charge is 0.277 e. The number of benzene rings is 3. The number of nitro groups is 2. The Balaban J connectivity index is 1.55. The van der Waals surface area contributed by atoms with Gasteiger partial charge in [0.2, 0.25) is 0 Å². The number of carbonyl (C=O) groups is 3. The van der Waals surface area contributed by atoms with Gasteiger partial charge in [0.25, 0.3) is 29.1 Å². The fourth-order valence-electron chi connectivity index (χ4n) is 3.36. The highest BCUT2D eigenvalue weighted by molar-refractivity contribution is 7.80. The Morgan fingerprint density at radius 2 is 1.20 bits per heavy atom. The predicted molar refractivity (Wildman–Crippen MR) is 150 cm³/mol. The van der Waals surface area contributed by atoms with Gasteiger partial charge in [0.1, 0.15) is 0 Å². The molecule has 3 rings (SSSR count). The lowest BCUT2D eigenvalue weighted by molar-refractivity contribution is -0.394. The Morgan fingerprint density at radius 3 is 1.70 bits per heavy atom. The fourth-order valence-corrected chi connectivity index (χ4v) is 3.50. The third kappa shape index (κ3) is 7.64. The molecule has 14 heteroatoms. The molecule has 0 unspecified atom stereocenters. The van der Waals surface area contributed by atoms with Crippen LogP contribution in [0.4, 0.5) is 17.1 Å². The lowest BCUT2D eigenvalue weighted by Crippen LogP contribution is -2.48. The molecule has 206 valence electrons. The molecule has 0 fully saturated rings. The second-order valence-corrected chi connectivity index (χ2v) is 9.88. The molecule has 0 aliphatic carbocycles. The van der Waals surface area contributed by atoms with Gasteiger partial charge in [0.05, 0.1) is 21.5 Å². The van der Waals surface area contributed by atoms with Crippen molar-refractivity contribution in [3.63, 3.8) is 0 Å². The Hall–Kier alpha value is -5.24. The number of non-ortho nitro benzene ring substituents is 2. The van der Waals surface area contributed by atoms with E-state index in [1.165, 1.54) is 24.3 Å². The maximum Gasteiger partial charge on any atom is 0.277 e. The normalized spacial score (nSPS) is 10.7. The van der Waals surface area contributed by atoms with Crippen molar-refractivity contribution in [2.24, 2.45) is 0 Å². The molecule has 4 N–H and O–H groups in total. The maximum atomic E-state index is 12.5. The summed E-state index contributed by atoms with van der Waals surface area (Å²) in [5.41, 5.74) is 5.10.